The Kier molecular flexibility index (Phi) is 8.70. The van der Waals surface area contributed by atoms with Gasteiger partial charge < -0.3 is 20.8 Å². The molecule has 4 N–H and O–H groups in total. The molecule has 15 heavy (non-hydrogen) atoms. The van der Waals surface area contributed by atoms with E-state index in [0.29, 0.717) is 13.0 Å². The molecule has 0 rings (SSSR count). The van der Waals surface area contributed by atoms with Gasteiger partial charge in [0.05, 0.1) is 6.61 Å². The fourth-order valence-corrected chi connectivity index (χ4v) is 0.945. The number of aliphatic hydroxyl groups excluding tert-OH is 2. The summed E-state index contributed by atoms with van der Waals surface area (Å²) in [6.45, 7) is 0.461. The van der Waals surface area contributed by atoms with Crippen molar-refractivity contribution in [1.29, 1.82) is 0 Å². The fourth-order valence-electron chi connectivity index (χ4n) is 0.945. The normalized spacial score (nSPS) is 9.73. The van der Waals surface area contributed by atoms with Crippen molar-refractivity contribution in [3.8, 4) is 0 Å². The van der Waals surface area contributed by atoms with Crippen molar-refractivity contribution >= 4 is 11.8 Å². The van der Waals surface area contributed by atoms with Gasteiger partial charge in [-0.2, -0.15) is 0 Å². The second kappa shape index (κ2) is 9.42. The van der Waals surface area contributed by atoms with E-state index >= 15 is 0 Å². The summed E-state index contributed by atoms with van der Waals surface area (Å²) in [6, 6.07) is 0. The Bertz CT molecular complexity index is 197. The number of unbranched alkanes of at least 4 members (excludes halogenated alkanes) is 2. The van der Waals surface area contributed by atoms with Crippen molar-refractivity contribution in [2.24, 2.45) is 0 Å². The SMILES string of the molecule is O=C(NCCO)C(=O)NCCCCCO. The molecule has 0 aliphatic rings. The molecule has 0 spiro atoms. The van der Waals surface area contributed by atoms with E-state index in [0.717, 1.165) is 12.8 Å². The zero-order valence-electron chi connectivity index (χ0n) is 8.66. The molecule has 0 radical (unpaired) electrons. The summed E-state index contributed by atoms with van der Waals surface area (Å²) in [5, 5.41) is 21.6. The highest BCUT2D eigenvalue weighted by molar-refractivity contribution is 6.35. The van der Waals surface area contributed by atoms with E-state index in [-0.39, 0.29) is 19.8 Å². The van der Waals surface area contributed by atoms with Crippen LogP contribution in [-0.4, -0.2) is 48.3 Å². The molecule has 0 atom stereocenters. The maximum absolute atomic E-state index is 11.0. The first-order chi connectivity index (χ1) is 7.22. The minimum atomic E-state index is -0.730. The van der Waals surface area contributed by atoms with E-state index in [9.17, 15) is 9.59 Å². The molecule has 0 aromatic carbocycles. The number of rotatable bonds is 7. The molecule has 0 aromatic heterocycles. The molecule has 6 heteroatoms. The fraction of sp³-hybridized carbons (Fsp3) is 0.778. The van der Waals surface area contributed by atoms with Gasteiger partial charge in [-0.05, 0) is 19.3 Å². The summed E-state index contributed by atoms with van der Waals surface area (Å²) in [5.74, 6) is -1.42. The first-order valence-electron chi connectivity index (χ1n) is 5.00. The van der Waals surface area contributed by atoms with Crippen LogP contribution in [0.5, 0.6) is 0 Å². The summed E-state index contributed by atoms with van der Waals surface area (Å²) >= 11 is 0. The van der Waals surface area contributed by atoms with Gasteiger partial charge >= 0.3 is 11.8 Å². The quantitative estimate of drug-likeness (QED) is 0.305. The molecule has 0 bridgehead atoms. The Balaban J connectivity index is 3.43. The maximum Gasteiger partial charge on any atom is 0.309 e. The second-order valence-corrected chi connectivity index (χ2v) is 3.02. The standard InChI is InChI=1S/C9H18N2O4/c12-6-3-1-2-4-10-8(14)9(15)11-5-7-13/h12-13H,1-7H2,(H,10,14)(H,11,15). The van der Waals surface area contributed by atoms with Crippen LogP contribution in [0.4, 0.5) is 0 Å². The van der Waals surface area contributed by atoms with Crippen molar-refractivity contribution in [1.82, 2.24) is 10.6 Å². The van der Waals surface area contributed by atoms with Gasteiger partial charge in [0.1, 0.15) is 0 Å². The molecule has 0 saturated heterocycles. The van der Waals surface area contributed by atoms with E-state index in [4.69, 9.17) is 10.2 Å². The molecular formula is C9H18N2O4. The van der Waals surface area contributed by atoms with Crippen LogP contribution in [0.15, 0.2) is 0 Å². The van der Waals surface area contributed by atoms with Crippen molar-refractivity contribution in [2.75, 3.05) is 26.3 Å². The van der Waals surface area contributed by atoms with Gasteiger partial charge in [0.15, 0.2) is 0 Å². The van der Waals surface area contributed by atoms with Gasteiger partial charge in [-0.25, -0.2) is 0 Å². The van der Waals surface area contributed by atoms with Crippen molar-refractivity contribution in [3.63, 3.8) is 0 Å². The summed E-state index contributed by atoms with van der Waals surface area (Å²) in [6.07, 6.45) is 2.25. The van der Waals surface area contributed by atoms with Crippen molar-refractivity contribution in [2.45, 2.75) is 19.3 Å². The zero-order valence-corrected chi connectivity index (χ0v) is 8.66. The van der Waals surface area contributed by atoms with E-state index < -0.39 is 11.8 Å². The number of carbonyl (C=O) groups excluding carboxylic acids is 2. The van der Waals surface area contributed by atoms with Gasteiger partial charge in [0.25, 0.3) is 0 Å². The molecule has 0 fully saturated rings. The lowest BCUT2D eigenvalue weighted by Gasteiger charge is -2.04. The van der Waals surface area contributed by atoms with E-state index in [1.807, 2.05) is 0 Å². The van der Waals surface area contributed by atoms with Crippen LogP contribution >= 0.6 is 0 Å². The van der Waals surface area contributed by atoms with Crippen molar-refractivity contribution < 1.29 is 19.8 Å². The van der Waals surface area contributed by atoms with Crippen molar-refractivity contribution in [3.05, 3.63) is 0 Å². The monoisotopic (exact) mass is 218 g/mol. The van der Waals surface area contributed by atoms with E-state index in [2.05, 4.69) is 10.6 Å². The van der Waals surface area contributed by atoms with Gasteiger partial charge in [0, 0.05) is 19.7 Å². The number of aliphatic hydroxyl groups is 2. The lowest BCUT2D eigenvalue weighted by Crippen LogP contribution is -2.41. The number of amides is 2. The molecule has 0 heterocycles. The van der Waals surface area contributed by atoms with E-state index in [1.165, 1.54) is 0 Å². The van der Waals surface area contributed by atoms with Gasteiger partial charge in [-0.15, -0.1) is 0 Å². The first-order valence-corrected chi connectivity index (χ1v) is 5.00. The van der Waals surface area contributed by atoms with Gasteiger partial charge in [-0.3, -0.25) is 9.59 Å². The predicted octanol–water partition coefficient (Wildman–Crippen LogP) is -1.63. The van der Waals surface area contributed by atoms with Gasteiger partial charge in [0.2, 0.25) is 0 Å². The van der Waals surface area contributed by atoms with Crippen LogP contribution in [0.2, 0.25) is 0 Å². The third kappa shape index (κ3) is 7.90. The number of hydrogen-bond donors (Lipinski definition) is 4. The van der Waals surface area contributed by atoms with Crippen LogP contribution in [0.25, 0.3) is 0 Å². The highest BCUT2D eigenvalue weighted by Crippen LogP contribution is 1.91. The summed E-state index contributed by atoms with van der Waals surface area (Å²) in [4.78, 5) is 22.0. The smallest absolute Gasteiger partial charge is 0.309 e. The van der Waals surface area contributed by atoms with E-state index in [1.54, 1.807) is 0 Å². The molecular weight excluding hydrogens is 200 g/mol. The zero-order chi connectivity index (χ0) is 11.5. The Labute approximate surface area is 88.7 Å². The molecule has 0 unspecified atom stereocenters. The third-order valence-corrected chi connectivity index (χ3v) is 1.72. The Hall–Kier alpha value is -1.14. The highest BCUT2D eigenvalue weighted by atomic mass is 16.3. The van der Waals surface area contributed by atoms with Crippen LogP contribution in [0.3, 0.4) is 0 Å². The number of carbonyl (C=O) groups is 2. The van der Waals surface area contributed by atoms with Gasteiger partial charge in [-0.1, -0.05) is 0 Å². The molecule has 0 aliphatic heterocycles. The van der Waals surface area contributed by atoms with Crippen LogP contribution in [0.1, 0.15) is 19.3 Å². The average molecular weight is 218 g/mol. The Morgan fingerprint density at radius 3 is 1.93 bits per heavy atom. The minimum Gasteiger partial charge on any atom is -0.396 e. The summed E-state index contributed by atoms with van der Waals surface area (Å²) in [7, 11) is 0. The maximum atomic E-state index is 11.0. The molecule has 2 amide bonds. The van der Waals surface area contributed by atoms with Crippen LogP contribution in [-0.2, 0) is 9.59 Å². The lowest BCUT2D eigenvalue weighted by molar-refractivity contribution is -0.139. The number of nitrogens with one attached hydrogen (secondary N) is 2. The Morgan fingerprint density at radius 1 is 0.800 bits per heavy atom. The van der Waals surface area contributed by atoms with Crippen LogP contribution < -0.4 is 10.6 Å². The molecule has 0 saturated carbocycles. The Morgan fingerprint density at radius 2 is 1.40 bits per heavy atom. The first kappa shape index (κ1) is 13.9. The molecule has 0 aliphatic carbocycles. The summed E-state index contributed by atoms with van der Waals surface area (Å²) in [5.41, 5.74) is 0. The largest absolute Gasteiger partial charge is 0.396 e. The second-order valence-electron chi connectivity index (χ2n) is 3.02. The topological polar surface area (TPSA) is 98.7 Å². The average Bonchev–Trinajstić information content (AvgIpc) is 2.25. The minimum absolute atomic E-state index is 0.0801. The number of hydrogen-bond acceptors (Lipinski definition) is 4. The molecule has 0 aromatic rings. The lowest BCUT2D eigenvalue weighted by atomic mass is 10.2. The third-order valence-electron chi connectivity index (χ3n) is 1.72. The van der Waals surface area contributed by atoms with Crippen LogP contribution in [0, 0.1) is 0 Å². The molecule has 88 valence electrons. The predicted molar refractivity (Wildman–Crippen MR) is 54.0 cm³/mol. The summed E-state index contributed by atoms with van der Waals surface area (Å²) < 4.78 is 0. The highest BCUT2D eigenvalue weighted by Gasteiger charge is 2.10. The molecule has 6 nitrogen and oxygen atoms in total.